The summed E-state index contributed by atoms with van der Waals surface area (Å²) in [6.07, 6.45) is 5.98. The second-order valence-corrected chi connectivity index (χ2v) is 7.03. The molecule has 1 N–H and O–H groups in total. The highest BCUT2D eigenvalue weighted by Gasteiger charge is 2.41. The first-order valence-electron chi connectivity index (χ1n) is 8.73. The third-order valence-corrected chi connectivity index (χ3v) is 5.24. The van der Waals surface area contributed by atoms with Crippen LogP contribution in [0.4, 0.5) is 5.69 Å². The smallest absolute Gasteiger partial charge is 0.231 e. The van der Waals surface area contributed by atoms with E-state index in [1.165, 1.54) is 0 Å². The van der Waals surface area contributed by atoms with Gasteiger partial charge in [0.05, 0.1) is 17.8 Å². The molecule has 0 aliphatic carbocycles. The molecule has 2 aliphatic heterocycles. The Morgan fingerprint density at radius 3 is 2.81 bits per heavy atom. The van der Waals surface area contributed by atoms with Crippen LogP contribution < -0.4 is 19.7 Å². The predicted octanol–water partition coefficient (Wildman–Crippen LogP) is 3.33. The molecule has 27 heavy (non-hydrogen) atoms. The van der Waals surface area contributed by atoms with E-state index in [4.69, 9.17) is 21.7 Å². The Morgan fingerprint density at radius 2 is 2.04 bits per heavy atom. The number of benzene rings is 1. The molecule has 7 heteroatoms. The lowest BCUT2D eigenvalue weighted by molar-refractivity contribution is 0.174. The highest BCUT2D eigenvalue weighted by Crippen LogP contribution is 2.44. The largest absolute Gasteiger partial charge is 0.454 e. The maximum absolute atomic E-state index is 5.72. The molecule has 4 heterocycles. The quantitative estimate of drug-likeness (QED) is 0.706. The number of pyridine rings is 1. The maximum atomic E-state index is 5.72. The molecule has 2 atom stereocenters. The molecular weight excluding hydrogens is 360 g/mol. The van der Waals surface area contributed by atoms with Crippen molar-refractivity contribution in [3.05, 3.63) is 72.3 Å². The van der Waals surface area contributed by atoms with Gasteiger partial charge in [0.2, 0.25) is 6.79 Å². The Morgan fingerprint density at radius 1 is 1.15 bits per heavy atom. The summed E-state index contributed by atoms with van der Waals surface area (Å²) in [7, 11) is 2.02. The van der Waals surface area contributed by atoms with Gasteiger partial charge in [0.1, 0.15) is 0 Å². The molecule has 3 aromatic rings. The van der Waals surface area contributed by atoms with Crippen molar-refractivity contribution in [3.63, 3.8) is 0 Å². The number of hydrogen-bond acceptors (Lipinski definition) is 4. The summed E-state index contributed by atoms with van der Waals surface area (Å²) in [5.74, 6) is 1.50. The average molecular weight is 378 g/mol. The number of thiocarbonyl (C=S) groups is 1. The Balaban J connectivity index is 1.61. The van der Waals surface area contributed by atoms with Gasteiger partial charge in [-0.05, 0) is 48.1 Å². The van der Waals surface area contributed by atoms with E-state index in [1.807, 2.05) is 60.4 Å². The van der Waals surface area contributed by atoms with Crippen molar-refractivity contribution < 1.29 is 9.47 Å². The second-order valence-electron chi connectivity index (χ2n) is 6.64. The summed E-state index contributed by atoms with van der Waals surface area (Å²) in [5, 5.41) is 4.12. The van der Waals surface area contributed by atoms with Crippen molar-refractivity contribution in [2.45, 2.75) is 12.1 Å². The van der Waals surface area contributed by atoms with Crippen LogP contribution in [0.3, 0.4) is 0 Å². The van der Waals surface area contributed by atoms with Crippen molar-refractivity contribution >= 4 is 23.0 Å². The summed E-state index contributed by atoms with van der Waals surface area (Å²) in [6.45, 7) is 0.250. The monoisotopic (exact) mass is 378 g/mol. The summed E-state index contributed by atoms with van der Waals surface area (Å²) < 4.78 is 13.1. The first-order valence-corrected chi connectivity index (χ1v) is 9.14. The molecule has 2 aliphatic rings. The van der Waals surface area contributed by atoms with E-state index >= 15 is 0 Å². The fourth-order valence-corrected chi connectivity index (χ4v) is 4.05. The van der Waals surface area contributed by atoms with Gasteiger partial charge in [0.25, 0.3) is 0 Å². The van der Waals surface area contributed by atoms with Crippen molar-refractivity contribution in [2.24, 2.45) is 7.05 Å². The lowest BCUT2D eigenvalue weighted by Crippen LogP contribution is -2.29. The Labute approximate surface area is 162 Å². The molecule has 0 bridgehead atoms. The maximum Gasteiger partial charge on any atom is 0.231 e. The van der Waals surface area contributed by atoms with Gasteiger partial charge < -0.3 is 24.3 Å². The summed E-state index contributed by atoms with van der Waals surface area (Å²) >= 11 is 5.72. The van der Waals surface area contributed by atoms with Crippen LogP contribution in [0.25, 0.3) is 0 Å². The Bertz CT molecular complexity index is 1000. The highest BCUT2D eigenvalue weighted by molar-refractivity contribution is 7.80. The minimum Gasteiger partial charge on any atom is -0.454 e. The predicted molar refractivity (Wildman–Crippen MR) is 106 cm³/mol. The molecule has 0 unspecified atom stereocenters. The third-order valence-electron chi connectivity index (χ3n) is 4.93. The molecule has 5 rings (SSSR count). The van der Waals surface area contributed by atoms with Gasteiger partial charge in [-0.25, -0.2) is 0 Å². The fourth-order valence-electron chi connectivity index (χ4n) is 3.71. The van der Waals surface area contributed by atoms with Crippen LogP contribution in [0, 0.1) is 0 Å². The van der Waals surface area contributed by atoms with Crippen LogP contribution in [0.5, 0.6) is 11.5 Å². The summed E-state index contributed by atoms with van der Waals surface area (Å²) in [6, 6.07) is 13.9. The molecule has 136 valence electrons. The first kappa shape index (κ1) is 16.1. The van der Waals surface area contributed by atoms with Gasteiger partial charge in [0.15, 0.2) is 16.6 Å². The number of aromatic nitrogens is 2. The molecule has 6 nitrogen and oxygen atoms in total. The average Bonchev–Trinajstić information content (AvgIpc) is 3.39. The van der Waals surface area contributed by atoms with Crippen LogP contribution in [0.15, 0.2) is 61.1 Å². The summed E-state index contributed by atoms with van der Waals surface area (Å²) in [5.41, 5.74) is 3.08. The van der Waals surface area contributed by atoms with E-state index in [1.54, 1.807) is 0 Å². The minimum atomic E-state index is -0.0495. The van der Waals surface area contributed by atoms with E-state index in [0.29, 0.717) is 5.11 Å². The van der Waals surface area contributed by atoms with Crippen LogP contribution >= 0.6 is 12.2 Å². The minimum absolute atomic E-state index is 0.0195. The fraction of sp³-hybridized carbons (Fsp3) is 0.200. The highest BCUT2D eigenvalue weighted by atomic mass is 32.1. The number of fused-ring (bicyclic) bond motifs is 1. The van der Waals surface area contributed by atoms with Gasteiger partial charge in [-0.3, -0.25) is 4.98 Å². The zero-order valence-electron chi connectivity index (χ0n) is 14.7. The van der Waals surface area contributed by atoms with Crippen molar-refractivity contribution in [3.8, 4) is 11.5 Å². The molecule has 1 aromatic carbocycles. The van der Waals surface area contributed by atoms with E-state index in [9.17, 15) is 0 Å². The molecule has 0 amide bonds. The van der Waals surface area contributed by atoms with Gasteiger partial charge in [-0.1, -0.05) is 6.07 Å². The van der Waals surface area contributed by atoms with Gasteiger partial charge in [-0.2, -0.15) is 0 Å². The van der Waals surface area contributed by atoms with E-state index in [2.05, 4.69) is 27.5 Å². The number of nitrogens with zero attached hydrogens (tertiary/aromatic N) is 3. The van der Waals surface area contributed by atoms with Crippen LogP contribution in [-0.2, 0) is 7.05 Å². The number of ether oxygens (including phenoxy) is 2. The van der Waals surface area contributed by atoms with E-state index < -0.39 is 0 Å². The Hall–Kier alpha value is -3.06. The number of nitrogens with one attached hydrogen (secondary N) is 1. The van der Waals surface area contributed by atoms with Gasteiger partial charge >= 0.3 is 0 Å². The lowest BCUT2D eigenvalue weighted by Gasteiger charge is -2.27. The van der Waals surface area contributed by atoms with Crippen LogP contribution in [0.1, 0.15) is 23.3 Å². The molecule has 2 aromatic heterocycles. The normalized spacial score (nSPS) is 20.8. The summed E-state index contributed by atoms with van der Waals surface area (Å²) in [4.78, 5) is 6.69. The molecule has 0 spiro atoms. The van der Waals surface area contributed by atoms with Crippen LogP contribution in [-0.4, -0.2) is 21.5 Å². The number of anilines is 1. The molecule has 1 saturated heterocycles. The molecular formula is C20H18N4O2S. The third kappa shape index (κ3) is 2.71. The van der Waals surface area contributed by atoms with Crippen molar-refractivity contribution in [1.29, 1.82) is 0 Å². The van der Waals surface area contributed by atoms with E-state index in [-0.39, 0.29) is 18.9 Å². The van der Waals surface area contributed by atoms with Crippen molar-refractivity contribution in [1.82, 2.24) is 14.9 Å². The topological polar surface area (TPSA) is 51.6 Å². The molecule has 1 fully saturated rings. The first-order chi connectivity index (χ1) is 13.2. The number of aryl methyl sites for hydroxylation is 1. The zero-order chi connectivity index (χ0) is 18.4. The van der Waals surface area contributed by atoms with E-state index in [0.717, 1.165) is 28.4 Å². The number of rotatable bonds is 3. The zero-order valence-corrected chi connectivity index (χ0v) is 15.5. The van der Waals surface area contributed by atoms with Crippen LogP contribution in [0.2, 0.25) is 0 Å². The number of hydrogen-bond donors (Lipinski definition) is 1. The van der Waals surface area contributed by atoms with Gasteiger partial charge in [-0.15, -0.1) is 0 Å². The second kappa shape index (κ2) is 6.28. The standard InChI is InChI=1S/C20H18N4O2S/c1-23-9-7-13(11-23)19-18(15-4-2-3-8-21-15)22-20(27)24(19)14-5-6-16-17(10-14)26-12-25-16/h2-11,18-19H,12H2,1H3,(H,22,27)/t18-,19+/m0/s1. The van der Waals surface area contributed by atoms with Gasteiger partial charge in [0, 0.05) is 37.4 Å². The SMILES string of the molecule is Cn1ccc([C@@H]2[C@H](c3ccccn3)NC(=S)N2c2ccc3c(c2)OCO3)c1. The lowest BCUT2D eigenvalue weighted by atomic mass is 9.98. The molecule has 0 saturated carbocycles. The van der Waals surface area contributed by atoms with Crippen molar-refractivity contribution in [2.75, 3.05) is 11.7 Å². The Kier molecular flexibility index (Phi) is 3.75. The molecule has 0 radical (unpaired) electrons.